The molecule has 0 aliphatic heterocycles. The summed E-state index contributed by atoms with van der Waals surface area (Å²) >= 11 is 11.6. The van der Waals surface area contributed by atoms with Gasteiger partial charge in [0.1, 0.15) is 5.82 Å². The third-order valence-electron chi connectivity index (χ3n) is 2.70. The zero-order valence-corrected chi connectivity index (χ0v) is 11.3. The second-order valence-corrected chi connectivity index (χ2v) is 4.83. The molecule has 2 aromatic carbocycles. The van der Waals surface area contributed by atoms with Crippen LogP contribution >= 0.6 is 23.2 Å². The SMILES string of the molecule is Nc1cc(C(=O)Cc2cccc(F)c2Cl)ccc1Cl. The van der Waals surface area contributed by atoms with Crippen molar-refractivity contribution in [1.82, 2.24) is 0 Å². The summed E-state index contributed by atoms with van der Waals surface area (Å²) in [6.07, 6.45) is 0.0116. The minimum absolute atomic E-state index is 0.0116. The van der Waals surface area contributed by atoms with Gasteiger partial charge in [-0.05, 0) is 29.8 Å². The zero-order chi connectivity index (χ0) is 14.0. The van der Waals surface area contributed by atoms with Crippen LogP contribution in [0.5, 0.6) is 0 Å². The molecule has 0 radical (unpaired) electrons. The number of carbonyl (C=O) groups excluding carboxylic acids is 1. The molecule has 0 heterocycles. The lowest BCUT2D eigenvalue weighted by molar-refractivity contribution is 0.0993. The van der Waals surface area contributed by atoms with Crippen LogP contribution in [0.25, 0.3) is 0 Å². The summed E-state index contributed by atoms with van der Waals surface area (Å²) in [5, 5.41) is 0.359. The van der Waals surface area contributed by atoms with Crippen LogP contribution < -0.4 is 5.73 Å². The number of ketones is 1. The van der Waals surface area contributed by atoms with Gasteiger partial charge in [0.25, 0.3) is 0 Å². The summed E-state index contributed by atoms with van der Waals surface area (Å²) in [6.45, 7) is 0. The molecule has 2 rings (SSSR count). The first-order chi connectivity index (χ1) is 8.99. The Kier molecular flexibility index (Phi) is 4.08. The molecule has 0 saturated heterocycles. The van der Waals surface area contributed by atoms with E-state index in [-0.39, 0.29) is 17.2 Å². The lowest BCUT2D eigenvalue weighted by Crippen LogP contribution is -2.05. The Bertz CT molecular complexity index is 643. The zero-order valence-electron chi connectivity index (χ0n) is 9.79. The minimum atomic E-state index is -0.539. The van der Waals surface area contributed by atoms with E-state index in [4.69, 9.17) is 28.9 Å². The van der Waals surface area contributed by atoms with Crippen LogP contribution in [0.3, 0.4) is 0 Å². The topological polar surface area (TPSA) is 43.1 Å². The Morgan fingerprint density at radius 1 is 1.21 bits per heavy atom. The molecule has 0 saturated carbocycles. The molecule has 0 spiro atoms. The maximum absolute atomic E-state index is 13.3. The molecular formula is C14H10Cl2FNO. The van der Waals surface area contributed by atoms with Gasteiger partial charge in [-0.2, -0.15) is 0 Å². The van der Waals surface area contributed by atoms with Gasteiger partial charge in [0.05, 0.1) is 15.7 Å². The molecule has 98 valence electrons. The molecule has 0 amide bonds. The second-order valence-electron chi connectivity index (χ2n) is 4.05. The molecule has 2 nitrogen and oxygen atoms in total. The number of hydrogen-bond acceptors (Lipinski definition) is 2. The van der Waals surface area contributed by atoms with Crippen molar-refractivity contribution < 1.29 is 9.18 Å². The van der Waals surface area contributed by atoms with Crippen molar-refractivity contribution in [2.75, 3.05) is 5.73 Å². The maximum atomic E-state index is 13.3. The summed E-state index contributed by atoms with van der Waals surface area (Å²) in [5.74, 6) is -0.738. The predicted octanol–water partition coefficient (Wildman–Crippen LogP) is 4.14. The molecule has 0 aliphatic rings. The van der Waals surface area contributed by atoms with E-state index in [9.17, 15) is 9.18 Å². The van der Waals surface area contributed by atoms with E-state index in [0.29, 0.717) is 21.8 Å². The van der Waals surface area contributed by atoms with Crippen molar-refractivity contribution in [3.8, 4) is 0 Å². The first-order valence-corrected chi connectivity index (χ1v) is 6.25. The van der Waals surface area contributed by atoms with Crippen LogP contribution in [0.1, 0.15) is 15.9 Å². The molecular weight excluding hydrogens is 288 g/mol. The third kappa shape index (κ3) is 3.06. The fraction of sp³-hybridized carbons (Fsp3) is 0.0714. The van der Waals surface area contributed by atoms with Gasteiger partial charge < -0.3 is 5.73 Å². The number of benzene rings is 2. The van der Waals surface area contributed by atoms with Gasteiger partial charge in [-0.15, -0.1) is 0 Å². The average molecular weight is 298 g/mol. The smallest absolute Gasteiger partial charge is 0.167 e. The third-order valence-corrected chi connectivity index (χ3v) is 3.47. The fourth-order valence-electron chi connectivity index (χ4n) is 1.68. The van der Waals surface area contributed by atoms with Crippen molar-refractivity contribution in [2.24, 2.45) is 0 Å². The standard InChI is InChI=1S/C14H10Cl2FNO/c15-10-5-4-8(6-12(10)18)13(19)7-9-2-1-3-11(17)14(9)16/h1-6H,7,18H2. The van der Waals surface area contributed by atoms with Gasteiger partial charge in [-0.3, -0.25) is 4.79 Å². The van der Waals surface area contributed by atoms with Gasteiger partial charge in [0.2, 0.25) is 0 Å². The monoisotopic (exact) mass is 297 g/mol. The molecule has 5 heteroatoms. The maximum Gasteiger partial charge on any atom is 0.167 e. The van der Waals surface area contributed by atoms with Gasteiger partial charge in [0, 0.05) is 12.0 Å². The fourth-order valence-corrected chi connectivity index (χ4v) is 1.99. The summed E-state index contributed by atoms with van der Waals surface area (Å²) in [5.41, 5.74) is 6.83. The number of rotatable bonds is 3. The Labute approximate surface area is 119 Å². The average Bonchev–Trinajstić information content (AvgIpc) is 2.38. The molecule has 0 bridgehead atoms. The van der Waals surface area contributed by atoms with E-state index >= 15 is 0 Å². The summed E-state index contributed by atoms with van der Waals surface area (Å²) in [7, 11) is 0. The first kappa shape index (κ1) is 13.8. The largest absolute Gasteiger partial charge is 0.398 e. The highest BCUT2D eigenvalue weighted by atomic mass is 35.5. The van der Waals surface area contributed by atoms with E-state index in [0.717, 1.165) is 0 Å². The van der Waals surface area contributed by atoms with E-state index in [2.05, 4.69) is 0 Å². The Hall–Kier alpha value is -1.58. The lowest BCUT2D eigenvalue weighted by Gasteiger charge is -2.06. The Morgan fingerprint density at radius 3 is 2.63 bits per heavy atom. The van der Waals surface area contributed by atoms with E-state index in [1.165, 1.54) is 18.2 Å². The van der Waals surface area contributed by atoms with Crippen LogP contribution in [-0.2, 0) is 6.42 Å². The highest BCUT2D eigenvalue weighted by Gasteiger charge is 2.12. The highest BCUT2D eigenvalue weighted by molar-refractivity contribution is 6.33. The van der Waals surface area contributed by atoms with E-state index < -0.39 is 5.82 Å². The summed E-state index contributed by atoms with van der Waals surface area (Å²) in [6, 6.07) is 9.00. The molecule has 0 atom stereocenters. The van der Waals surface area contributed by atoms with Crippen molar-refractivity contribution in [1.29, 1.82) is 0 Å². The van der Waals surface area contributed by atoms with Crippen molar-refractivity contribution >= 4 is 34.7 Å². The van der Waals surface area contributed by atoms with Crippen LogP contribution in [0.4, 0.5) is 10.1 Å². The van der Waals surface area contributed by atoms with Crippen LogP contribution in [0.2, 0.25) is 10.0 Å². The second kappa shape index (κ2) is 5.59. The van der Waals surface area contributed by atoms with Crippen molar-refractivity contribution in [2.45, 2.75) is 6.42 Å². The van der Waals surface area contributed by atoms with Gasteiger partial charge >= 0.3 is 0 Å². The molecule has 0 unspecified atom stereocenters. The summed E-state index contributed by atoms with van der Waals surface area (Å²) < 4.78 is 13.3. The molecule has 0 aromatic heterocycles. The van der Waals surface area contributed by atoms with Gasteiger partial charge in [0.15, 0.2) is 5.78 Å². The number of hydrogen-bond donors (Lipinski definition) is 1. The summed E-state index contributed by atoms with van der Waals surface area (Å²) in [4.78, 5) is 12.1. The van der Waals surface area contributed by atoms with Crippen LogP contribution in [-0.4, -0.2) is 5.78 Å². The van der Waals surface area contributed by atoms with Gasteiger partial charge in [-0.25, -0.2) is 4.39 Å². The van der Waals surface area contributed by atoms with Crippen molar-refractivity contribution in [3.63, 3.8) is 0 Å². The Morgan fingerprint density at radius 2 is 1.95 bits per heavy atom. The number of Topliss-reactive ketones (excluding diaryl/α,β-unsaturated/α-hetero) is 1. The number of halogens is 3. The normalized spacial score (nSPS) is 10.5. The van der Waals surface area contributed by atoms with Crippen LogP contribution in [0.15, 0.2) is 36.4 Å². The first-order valence-electron chi connectivity index (χ1n) is 5.50. The molecule has 0 aliphatic carbocycles. The van der Waals surface area contributed by atoms with Crippen molar-refractivity contribution in [3.05, 3.63) is 63.4 Å². The number of anilines is 1. The predicted molar refractivity (Wildman–Crippen MR) is 75.3 cm³/mol. The van der Waals surface area contributed by atoms with Gasteiger partial charge in [-0.1, -0.05) is 35.3 Å². The number of nitrogen functional groups attached to an aromatic ring is 1. The Balaban J connectivity index is 2.26. The molecule has 19 heavy (non-hydrogen) atoms. The minimum Gasteiger partial charge on any atom is -0.398 e. The van der Waals surface area contributed by atoms with E-state index in [1.54, 1.807) is 18.2 Å². The number of nitrogens with two attached hydrogens (primary N) is 1. The quantitative estimate of drug-likeness (QED) is 0.683. The van der Waals surface area contributed by atoms with E-state index in [1.807, 2.05) is 0 Å². The lowest BCUT2D eigenvalue weighted by atomic mass is 10.0. The molecule has 2 N–H and O–H groups in total. The van der Waals surface area contributed by atoms with Crippen LogP contribution in [0, 0.1) is 5.82 Å². The molecule has 2 aromatic rings. The highest BCUT2D eigenvalue weighted by Crippen LogP contribution is 2.23. The molecule has 0 fully saturated rings. The number of carbonyl (C=O) groups is 1.